The lowest BCUT2D eigenvalue weighted by Crippen LogP contribution is -2.45. The molecule has 288 valence electrons. The van der Waals surface area contributed by atoms with Gasteiger partial charge in [0, 0.05) is 13.8 Å². The molecule has 4 aliphatic heterocycles. The molecule has 4 aliphatic rings. The SMILES string of the molecule is CC1=[N+]([O-])[C@@]2(c3ccccc3)C[C@H](c3ccccc3)C[C@]1(c1ccccc1)O2.CC1=[N+]([O-])[C@@]2(c3ccccc3)C[C@H](c3ccccc3)C[C@]1(c1ccccc1)O2.O. The largest absolute Gasteiger partial charge is 0.621 e. The number of ether oxygens (including phenoxy) is 2. The first-order chi connectivity index (χ1) is 27.3. The van der Waals surface area contributed by atoms with Crippen molar-refractivity contribution in [2.45, 2.75) is 74.0 Å². The van der Waals surface area contributed by atoms with E-state index in [2.05, 4.69) is 72.8 Å². The van der Waals surface area contributed by atoms with Crippen LogP contribution in [0, 0.1) is 10.4 Å². The summed E-state index contributed by atoms with van der Waals surface area (Å²) < 4.78 is 15.9. The number of hydrogen-bond donors (Lipinski definition) is 0. The third-order valence-corrected chi connectivity index (χ3v) is 12.7. The van der Waals surface area contributed by atoms with Crippen molar-refractivity contribution in [1.82, 2.24) is 0 Å². The predicted octanol–water partition coefficient (Wildman–Crippen LogP) is 9.80. The Labute approximate surface area is 334 Å². The molecule has 2 N–H and O–H groups in total. The minimum atomic E-state index is -1.00. The maximum atomic E-state index is 13.6. The molecule has 0 aliphatic carbocycles. The van der Waals surface area contributed by atoms with Gasteiger partial charge in [0.25, 0.3) is 0 Å². The zero-order valence-electron chi connectivity index (χ0n) is 32.3. The maximum absolute atomic E-state index is 13.6. The molecule has 0 unspecified atom stereocenters. The van der Waals surface area contributed by atoms with Crippen LogP contribution in [0.4, 0.5) is 0 Å². The van der Waals surface area contributed by atoms with Gasteiger partial charge in [-0.05, 0) is 71.2 Å². The second kappa shape index (κ2) is 14.9. The van der Waals surface area contributed by atoms with Gasteiger partial charge in [-0.3, -0.25) is 9.47 Å². The van der Waals surface area contributed by atoms with Gasteiger partial charge in [0.2, 0.25) is 0 Å². The standard InChI is InChI=1S/2C25H23NO2.H2O/c2*1-19-24(22-13-7-3-8-14-22)17-21(20-11-5-2-6-12-20)18-25(28-24,26(19)27)23-15-9-4-10-16-23;/h2*2-16,21H,17-18H2,1H3;1H2/t2*21-,24+,25+;/m11./s1. The van der Waals surface area contributed by atoms with Crippen LogP contribution in [-0.2, 0) is 32.1 Å². The van der Waals surface area contributed by atoms with Gasteiger partial charge in [-0.2, -0.15) is 9.48 Å². The lowest BCUT2D eigenvalue weighted by atomic mass is 9.74. The predicted molar refractivity (Wildman–Crippen MR) is 224 cm³/mol. The highest BCUT2D eigenvalue weighted by Gasteiger charge is 2.67. The third kappa shape index (κ3) is 6.09. The molecule has 0 radical (unpaired) electrons. The first kappa shape index (κ1) is 38.0. The van der Waals surface area contributed by atoms with Gasteiger partial charge in [-0.15, -0.1) is 0 Å². The Bertz CT molecular complexity index is 2080. The molecule has 0 aromatic heterocycles. The highest BCUT2D eigenvalue weighted by molar-refractivity contribution is 5.90. The van der Waals surface area contributed by atoms with E-state index in [1.807, 2.05) is 123 Å². The zero-order valence-corrected chi connectivity index (χ0v) is 32.3. The zero-order chi connectivity index (χ0) is 38.4. The molecule has 2 fully saturated rings. The van der Waals surface area contributed by atoms with Crippen molar-refractivity contribution in [3.63, 3.8) is 0 Å². The second-order valence-corrected chi connectivity index (χ2v) is 15.7. The Morgan fingerprint density at radius 3 is 0.965 bits per heavy atom. The molecule has 10 rings (SSSR count). The molecule has 4 heterocycles. The summed E-state index contributed by atoms with van der Waals surface area (Å²) in [7, 11) is 0. The summed E-state index contributed by atoms with van der Waals surface area (Å²) in [5.74, 6) is 0.452. The molecule has 6 aromatic rings. The summed E-state index contributed by atoms with van der Waals surface area (Å²) in [6.07, 6.45) is 2.80. The number of rotatable bonds is 6. The molecular formula is C50H48N2O5. The summed E-state index contributed by atoms with van der Waals surface area (Å²) in [5.41, 5.74) is 4.50. The summed E-state index contributed by atoms with van der Waals surface area (Å²) in [4.78, 5) is 0. The Hall–Kier alpha value is -5.86. The van der Waals surface area contributed by atoms with Gasteiger partial charge in [0.05, 0.1) is 24.0 Å². The van der Waals surface area contributed by atoms with Crippen LogP contribution in [0.1, 0.15) is 84.7 Å². The van der Waals surface area contributed by atoms with E-state index in [4.69, 9.17) is 9.47 Å². The molecule has 7 heteroatoms. The minimum Gasteiger partial charge on any atom is -0.621 e. The van der Waals surface area contributed by atoms with E-state index in [9.17, 15) is 10.4 Å². The Kier molecular flexibility index (Phi) is 9.94. The van der Waals surface area contributed by atoms with Crippen molar-refractivity contribution in [2.75, 3.05) is 0 Å². The fraction of sp³-hybridized carbons (Fsp3) is 0.240. The second-order valence-electron chi connectivity index (χ2n) is 15.7. The van der Waals surface area contributed by atoms with Crippen LogP contribution < -0.4 is 0 Å². The lowest BCUT2D eigenvalue weighted by molar-refractivity contribution is -0.614. The monoisotopic (exact) mass is 756 g/mol. The number of fused-ring (bicyclic) bond motifs is 4. The average Bonchev–Trinajstić information content (AvgIpc) is 3.55. The van der Waals surface area contributed by atoms with Crippen LogP contribution in [0.3, 0.4) is 0 Å². The molecule has 2 saturated heterocycles. The first-order valence-electron chi connectivity index (χ1n) is 19.7. The van der Waals surface area contributed by atoms with Crippen LogP contribution in [0.25, 0.3) is 0 Å². The fourth-order valence-corrected chi connectivity index (χ4v) is 9.90. The molecule has 0 saturated carbocycles. The van der Waals surface area contributed by atoms with E-state index in [1.165, 1.54) is 11.1 Å². The van der Waals surface area contributed by atoms with Crippen LogP contribution in [0.15, 0.2) is 182 Å². The summed E-state index contributed by atoms with van der Waals surface area (Å²) in [5, 5.41) is 27.2. The van der Waals surface area contributed by atoms with E-state index in [-0.39, 0.29) is 17.3 Å². The molecule has 57 heavy (non-hydrogen) atoms. The lowest BCUT2D eigenvalue weighted by Gasteiger charge is -2.41. The van der Waals surface area contributed by atoms with Gasteiger partial charge in [0.15, 0.2) is 22.6 Å². The van der Waals surface area contributed by atoms with Crippen molar-refractivity contribution in [2.24, 2.45) is 0 Å². The van der Waals surface area contributed by atoms with Crippen LogP contribution in [-0.4, -0.2) is 26.4 Å². The topological polar surface area (TPSA) is 102 Å². The number of hydrogen-bond acceptors (Lipinski definition) is 4. The molecule has 6 aromatic carbocycles. The van der Waals surface area contributed by atoms with Crippen molar-refractivity contribution < 1.29 is 24.4 Å². The van der Waals surface area contributed by atoms with Crippen LogP contribution in [0.5, 0.6) is 0 Å². The van der Waals surface area contributed by atoms with Crippen molar-refractivity contribution >= 4 is 11.4 Å². The van der Waals surface area contributed by atoms with Gasteiger partial charge in [0.1, 0.15) is 0 Å². The molecular weight excluding hydrogens is 709 g/mol. The molecule has 4 bridgehead atoms. The number of nitrogens with zero attached hydrogens (tertiary/aromatic N) is 2. The number of benzene rings is 6. The molecule has 0 spiro atoms. The fourth-order valence-electron chi connectivity index (χ4n) is 9.90. The van der Waals surface area contributed by atoms with E-state index in [0.29, 0.717) is 12.8 Å². The summed E-state index contributed by atoms with van der Waals surface area (Å²) in [6, 6.07) is 61.3. The van der Waals surface area contributed by atoms with E-state index in [1.54, 1.807) is 0 Å². The van der Waals surface area contributed by atoms with Gasteiger partial charge >= 0.3 is 11.4 Å². The molecule has 7 nitrogen and oxygen atoms in total. The van der Waals surface area contributed by atoms with Crippen LogP contribution in [0.2, 0.25) is 0 Å². The van der Waals surface area contributed by atoms with Gasteiger partial charge in [-0.25, -0.2) is 0 Å². The number of hydroxylamine groups is 2. The van der Waals surface area contributed by atoms with E-state index in [0.717, 1.165) is 56.0 Å². The smallest absolute Gasteiger partial charge is 0.306 e. The minimum absolute atomic E-state index is 0. The molecule has 0 amide bonds. The third-order valence-electron chi connectivity index (χ3n) is 12.7. The van der Waals surface area contributed by atoms with E-state index >= 15 is 0 Å². The van der Waals surface area contributed by atoms with Gasteiger partial charge < -0.3 is 15.9 Å². The van der Waals surface area contributed by atoms with Crippen molar-refractivity contribution in [3.8, 4) is 0 Å². The quantitative estimate of drug-likeness (QED) is 0.125. The van der Waals surface area contributed by atoms with Crippen molar-refractivity contribution in [1.29, 1.82) is 0 Å². The van der Waals surface area contributed by atoms with E-state index < -0.39 is 22.7 Å². The first-order valence-corrected chi connectivity index (χ1v) is 19.7. The van der Waals surface area contributed by atoms with Crippen molar-refractivity contribution in [3.05, 3.63) is 226 Å². The Balaban J connectivity index is 0.000000157. The van der Waals surface area contributed by atoms with Gasteiger partial charge in [-0.1, -0.05) is 158 Å². The average molecular weight is 757 g/mol. The highest BCUT2D eigenvalue weighted by atomic mass is 16.6. The Morgan fingerprint density at radius 1 is 0.404 bits per heavy atom. The maximum Gasteiger partial charge on any atom is 0.306 e. The highest BCUT2D eigenvalue weighted by Crippen LogP contribution is 2.58. The Morgan fingerprint density at radius 2 is 0.667 bits per heavy atom. The summed E-state index contributed by atoms with van der Waals surface area (Å²) in [6.45, 7) is 3.86. The van der Waals surface area contributed by atoms with Crippen LogP contribution >= 0.6 is 0 Å². The molecule has 6 atom stereocenters. The summed E-state index contributed by atoms with van der Waals surface area (Å²) >= 11 is 0. The normalized spacial score (nSPS) is 28.6.